The maximum Gasteiger partial charge on any atom is 0.00315 e. The molecule has 1 atom stereocenters. The van der Waals surface area contributed by atoms with Gasteiger partial charge in [0.2, 0.25) is 0 Å². The molecule has 0 aromatic heterocycles. The quantitative estimate of drug-likeness (QED) is 0.703. The molecule has 0 nitrogen and oxygen atoms in total. The number of hydrogen-bond donors (Lipinski definition) is 0. The molecule has 0 fully saturated rings. The van der Waals surface area contributed by atoms with Crippen LogP contribution in [0, 0.1) is 6.92 Å². The van der Waals surface area contributed by atoms with Gasteiger partial charge < -0.3 is 0 Å². The van der Waals surface area contributed by atoms with E-state index in [2.05, 4.69) is 41.1 Å². The summed E-state index contributed by atoms with van der Waals surface area (Å²) in [5.41, 5.74) is 4.66. The number of benzene rings is 1. The predicted octanol–water partition coefficient (Wildman–Crippen LogP) is 4.59. The van der Waals surface area contributed by atoms with Gasteiger partial charge in [-0.3, -0.25) is 0 Å². The lowest BCUT2D eigenvalue weighted by Crippen LogP contribution is -2.10. The molecule has 2 rings (SSSR count). The first-order valence-electron chi connectivity index (χ1n) is 5.96. The van der Waals surface area contributed by atoms with E-state index in [-0.39, 0.29) is 0 Å². The molecule has 1 aliphatic rings. The van der Waals surface area contributed by atoms with Crippen molar-refractivity contribution in [1.29, 1.82) is 0 Å². The van der Waals surface area contributed by atoms with Gasteiger partial charge in [-0.05, 0) is 56.1 Å². The molecule has 1 aromatic rings. The van der Waals surface area contributed by atoms with Crippen molar-refractivity contribution in [3.05, 3.63) is 34.9 Å². The first-order chi connectivity index (χ1) is 7.31. The lowest BCUT2D eigenvalue weighted by Gasteiger charge is -2.25. The SMILES string of the molecule is Cc1ccc2c(c1)CCCC2CCCBr. The number of alkyl halides is 1. The van der Waals surface area contributed by atoms with Gasteiger partial charge in [-0.1, -0.05) is 39.7 Å². The highest BCUT2D eigenvalue weighted by Crippen LogP contribution is 2.35. The number of rotatable bonds is 3. The second-order valence-corrected chi connectivity index (χ2v) is 5.42. The normalized spacial score (nSPS) is 20.0. The van der Waals surface area contributed by atoms with Crippen LogP contribution < -0.4 is 0 Å². The first-order valence-corrected chi connectivity index (χ1v) is 7.09. The van der Waals surface area contributed by atoms with Gasteiger partial charge in [0.05, 0.1) is 0 Å². The molecule has 0 aliphatic heterocycles. The maximum atomic E-state index is 3.53. The van der Waals surface area contributed by atoms with E-state index in [9.17, 15) is 0 Å². The lowest BCUT2D eigenvalue weighted by molar-refractivity contribution is 0.517. The second kappa shape index (κ2) is 5.16. The summed E-state index contributed by atoms with van der Waals surface area (Å²) in [7, 11) is 0. The second-order valence-electron chi connectivity index (χ2n) is 4.62. The van der Waals surface area contributed by atoms with Crippen molar-refractivity contribution in [3.8, 4) is 0 Å². The molecule has 0 radical (unpaired) electrons. The zero-order valence-corrected chi connectivity index (χ0v) is 11.0. The Labute approximate surface area is 101 Å². The molecule has 0 saturated carbocycles. The Morgan fingerprint density at radius 3 is 3.07 bits per heavy atom. The van der Waals surface area contributed by atoms with Crippen LogP contribution in [-0.2, 0) is 6.42 Å². The minimum absolute atomic E-state index is 0.826. The number of hydrogen-bond acceptors (Lipinski definition) is 0. The van der Waals surface area contributed by atoms with Crippen LogP contribution in [0.1, 0.15) is 48.3 Å². The number of fused-ring (bicyclic) bond motifs is 1. The van der Waals surface area contributed by atoms with Crippen molar-refractivity contribution in [3.63, 3.8) is 0 Å². The fourth-order valence-corrected chi connectivity index (χ4v) is 2.99. The van der Waals surface area contributed by atoms with E-state index in [1.165, 1.54) is 37.7 Å². The largest absolute Gasteiger partial charge is 0.0928 e. The van der Waals surface area contributed by atoms with Crippen molar-refractivity contribution in [2.24, 2.45) is 0 Å². The number of halogens is 1. The smallest absolute Gasteiger partial charge is 0.00315 e. The fourth-order valence-electron chi connectivity index (χ4n) is 2.67. The molecule has 0 N–H and O–H groups in total. The first kappa shape index (κ1) is 11.2. The zero-order chi connectivity index (χ0) is 10.7. The summed E-state index contributed by atoms with van der Waals surface area (Å²) in [6, 6.07) is 7.02. The monoisotopic (exact) mass is 266 g/mol. The van der Waals surface area contributed by atoms with Crippen LogP contribution in [0.3, 0.4) is 0 Å². The topological polar surface area (TPSA) is 0 Å². The molecule has 0 bridgehead atoms. The Morgan fingerprint density at radius 1 is 1.40 bits per heavy atom. The summed E-state index contributed by atoms with van der Waals surface area (Å²) in [5.74, 6) is 0.826. The van der Waals surface area contributed by atoms with Gasteiger partial charge in [-0.15, -0.1) is 0 Å². The van der Waals surface area contributed by atoms with E-state index in [0.29, 0.717) is 0 Å². The standard InChI is InChI=1S/C14H19Br/c1-11-7-8-14-12(6-3-9-15)4-2-5-13(14)10-11/h7-8,10,12H,2-6,9H2,1H3. The Bertz CT molecular complexity index is 330. The molecule has 1 aromatic carbocycles. The van der Waals surface area contributed by atoms with Crippen molar-refractivity contribution >= 4 is 15.9 Å². The van der Waals surface area contributed by atoms with Crippen LogP contribution in [0.5, 0.6) is 0 Å². The van der Waals surface area contributed by atoms with Gasteiger partial charge in [0.1, 0.15) is 0 Å². The van der Waals surface area contributed by atoms with Gasteiger partial charge in [0, 0.05) is 5.33 Å². The molecular weight excluding hydrogens is 248 g/mol. The van der Waals surface area contributed by atoms with Crippen LogP contribution in [0.4, 0.5) is 0 Å². The summed E-state index contributed by atoms with van der Waals surface area (Å²) in [4.78, 5) is 0. The summed E-state index contributed by atoms with van der Waals surface area (Å²) < 4.78 is 0. The molecule has 1 aliphatic carbocycles. The van der Waals surface area contributed by atoms with E-state index < -0.39 is 0 Å². The zero-order valence-electron chi connectivity index (χ0n) is 9.43. The Hall–Kier alpha value is -0.300. The van der Waals surface area contributed by atoms with Gasteiger partial charge in [0.15, 0.2) is 0 Å². The number of aryl methyl sites for hydroxylation is 2. The molecular formula is C14H19Br. The Morgan fingerprint density at radius 2 is 2.27 bits per heavy atom. The molecule has 1 unspecified atom stereocenters. The van der Waals surface area contributed by atoms with E-state index in [1.807, 2.05) is 0 Å². The molecule has 0 heterocycles. The van der Waals surface area contributed by atoms with Gasteiger partial charge >= 0.3 is 0 Å². The van der Waals surface area contributed by atoms with Crippen LogP contribution in [0.25, 0.3) is 0 Å². The minimum Gasteiger partial charge on any atom is -0.0928 e. The van der Waals surface area contributed by atoms with Crippen LogP contribution in [-0.4, -0.2) is 5.33 Å². The van der Waals surface area contributed by atoms with Crippen molar-refractivity contribution < 1.29 is 0 Å². The van der Waals surface area contributed by atoms with Crippen LogP contribution in [0.2, 0.25) is 0 Å². The average Bonchev–Trinajstić information content (AvgIpc) is 2.25. The van der Waals surface area contributed by atoms with E-state index >= 15 is 0 Å². The molecule has 1 heteroatoms. The van der Waals surface area contributed by atoms with Crippen molar-refractivity contribution in [2.75, 3.05) is 5.33 Å². The molecule has 0 amide bonds. The Kier molecular flexibility index (Phi) is 3.85. The van der Waals surface area contributed by atoms with Crippen molar-refractivity contribution in [1.82, 2.24) is 0 Å². The third kappa shape index (κ3) is 2.63. The highest BCUT2D eigenvalue weighted by molar-refractivity contribution is 9.09. The highest BCUT2D eigenvalue weighted by atomic mass is 79.9. The average molecular weight is 267 g/mol. The maximum absolute atomic E-state index is 3.53. The van der Waals surface area contributed by atoms with E-state index in [1.54, 1.807) is 11.1 Å². The highest BCUT2D eigenvalue weighted by Gasteiger charge is 2.19. The summed E-state index contributed by atoms with van der Waals surface area (Å²) in [6.45, 7) is 2.20. The molecule has 0 saturated heterocycles. The lowest BCUT2D eigenvalue weighted by atomic mass is 9.80. The van der Waals surface area contributed by atoms with E-state index in [4.69, 9.17) is 0 Å². The van der Waals surface area contributed by atoms with Crippen molar-refractivity contribution in [2.45, 2.75) is 44.9 Å². The van der Waals surface area contributed by atoms with Crippen LogP contribution in [0.15, 0.2) is 18.2 Å². The van der Waals surface area contributed by atoms with Crippen LogP contribution >= 0.6 is 15.9 Å². The summed E-state index contributed by atoms with van der Waals surface area (Å²) >= 11 is 3.53. The van der Waals surface area contributed by atoms with E-state index in [0.717, 1.165) is 11.2 Å². The van der Waals surface area contributed by atoms with Gasteiger partial charge in [-0.25, -0.2) is 0 Å². The van der Waals surface area contributed by atoms with Gasteiger partial charge in [0.25, 0.3) is 0 Å². The third-order valence-corrected chi connectivity index (χ3v) is 3.98. The predicted molar refractivity (Wildman–Crippen MR) is 69.9 cm³/mol. The summed E-state index contributed by atoms with van der Waals surface area (Å²) in [5, 5.41) is 1.14. The Balaban J connectivity index is 2.18. The minimum atomic E-state index is 0.826. The third-order valence-electron chi connectivity index (χ3n) is 3.42. The fraction of sp³-hybridized carbons (Fsp3) is 0.571. The molecule has 82 valence electrons. The molecule has 15 heavy (non-hydrogen) atoms. The molecule has 0 spiro atoms. The van der Waals surface area contributed by atoms with Gasteiger partial charge in [-0.2, -0.15) is 0 Å². The summed E-state index contributed by atoms with van der Waals surface area (Å²) in [6.07, 6.45) is 6.72.